The van der Waals surface area contributed by atoms with Gasteiger partial charge in [0.2, 0.25) is 0 Å². The van der Waals surface area contributed by atoms with Crippen LogP contribution < -0.4 is 4.90 Å². The predicted molar refractivity (Wildman–Crippen MR) is 121 cm³/mol. The molecule has 2 unspecified atom stereocenters. The lowest BCUT2D eigenvalue weighted by Gasteiger charge is -2.52. The van der Waals surface area contributed by atoms with Crippen molar-refractivity contribution in [2.24, 2.45) is 16.8 Å². The number of hydrogen-bond donors (Lipinski definition) is 0. The molecule has 1 aromatic rings. The van der Waals surface area contributed by atoms with E-state index in [2.05, 4.69) is 33.6 Å². The van der Waals surface area contributed by atoms with Crippen LogP contribution in [0, 0.1) is 29.5 Å². The fraction of sp³-hybridized carbons (Fsp3) is 0.600. The molecule has 5 nitrogen and oxygen atoms in total. The number of carbonyl (C=O) groups excluding carboxylic acids is 1. The molecule has 1 spiro atoms. The van der Waals surface area contributed by atoms with Crippen LogP contribution in [-0.2, 0) is 0 Å². The number of nitrogens with zero attached hydrogens (tertiary/aromatic N) is 4. The Bertz CT molecular complexity index is 966. The van der Waals surface area contributed by atoms with Crippen molar-refractivity contribution in [3.8, 4) is 11.8 Å². The van der Waals surface area contributed by atoms with E-state index in [0.29, 0.717) is 5.69 Å². The quantitative estimate of drug-likeness (QED) is 0.673. The Labute approximate surface area is 184 Å². The number of piperidine rings is 2. The zero-order valence-electron chi connectivity index (χ0n) is 18.5. The number of amides is 2. The first-order chi connectivity index (χ1) is 15.0. The number of aliphatic imine (C=N–C) groups is 1. The summed E-state index contributed by atoms with van der Waals surface area (Å²) in [5, 5.41) is 0. The first-order valence-corrected chi connectivity index (χ1v) is 11.6. The van der Waals surface area contributed by atoms with E-state index in [9.17, 15) is 9.18 Å². The number of anilines is 1. The molecule has 2 amide bonds. The summed E-state index contributed by atoms with van der Waals surface area (Å²) in [6.07, 6.45) is 5.37. The number of urea groups is 1. The maximum atomic E-state index is 14.1. The molecule has 164 valence electrons. The molecule has 0 aromatic heterocycles. The van der Waals surface area contributed by atoms with Crippen LogP contribution in [0.1, 0.15) is 46.0 Å². The molecule has 5 rings (SSSR count). The molecular formula is C25H31FN4O. The molecule has 2 saturated heterocycles. The lowest BCUT2D eigenvalue weighted by Crippen LogP contribution is -2.64. The second-order valence-corrected chi connectivity index (χ2v) is 9.60. The van der Waals surface area contributed by atoms with Crippen LogP contribution >= 0.6 is 0 Å². The van der Waals surface area contributed by atoms with Gasteiger partial charge in [-0.15, -0.1) is 5.92 Å². The van der Waals surface area contributed by atoms with Crippen molar-refractivity contribution in [1.29, 1.82) is 0 Å². The van der Waals surface area contributed by atoms with Crippen LogP contribution in [0.2, 0.25) is 0 Å². The van der Waals surface area contributed by atoms with Crippen molar-refractivity contribution in [3.05, 3.63) is 30.1 Å². The van der Waals surface area contributed by atoms with Gasteiger partial charge in [0.1, 0.15) is 17.2 Å². The molecule has 1 aliphatic carbocycles. The van der Waals surface area contributed by atoms with Crippen LogP contribution in [0.3, 0.4) is 0 Å². The highest BCUT2D eigenvalue weighted by molar-refractivity contribution is 6.16. The van der Waals surface area contributed by atoms with Gasteiger partial charge in [0.25, 0.3) is 0 Å². The fourth-order valence-electron chi connectivity index (χ4n) is 6.10. The number of benzene rings is 1. The number of carbonyl (C=O) groups is 1. The van der Waals surface area contributed by atoms with E-state index in [-0.39, 0.29) is 17.9 Å². The first-order valence-electron chi connectivity index (χ1n) is 11.6. The zero-order chi connectivity index (χ0) is 21.6. The van der Waals surface area contributed by atoms with E-state index < -0.39 is 5.54 Å². The van der Waals surface area contributed by atoms with E-state index >= 15 is 0 Å². The minimum absolute atomic E-state index is 0.253. The van der Waals surface area contributed by atoms with Crippen LogP contribution in [-0.4, -0.2) is 59.4 Å². The van der Waals surface area contributed by atoms with Crippen molar-refractivity contribution in [1.82, 2.24) is 9.80 Å². The molecule has 3 aliphatic heterocycles. The van der Waals surface area contributed by atoms with Crippen molar-refractivity contribution in [2.45, 2.75) is 57.5 Å². The Hall–Kier alpha value is -2.39. The third kappa shape index (κ3) is 3.43. The van der Waals surface area contributed by atoms with E-state index in [4.69, 9.17) is 0 Å². The van der Waals surface area contributed by atoms with E-state index in [1.54, 1.807) is 11.0 Å². The molecule has 3 heterocycles. The minimum atomic E-state index is -0.517. The number of likely N-dealkylation sites (tertiary alicyclic amines) is 2. The van der Waals surface area contributed by atoms with Gasteiger partial charge < -0.3 is 4.90 Å². The van der Waals surface area contributed by atoms with E-state index in [1.807, 2.05) is 13.0 Å². The van der Waals surface area contributed by atoms with Gasteiger partial charge in [-0.25, -0.2) is 9.18 Å². The first kappa shape index (κ1) is 20.5. The highest BCUT2D eigenvalue weighted by Gasteiger charge is 2.55. The van der Waals surface area contributed by atoms with Crippen molar-refractivity contribution in [2.75, 3.05) is 31.1 Å². The summed E-state index contributed by atoms with van der Waals surface area (Å²) in [6.45, 7) is 7.61. The molecule has 3 fully saturated rings. The highest BCUT2D eigenvalue weighted by atomic mass is 19.1. The van der Waals surface area contributed by atoms with Crippen molar-refractivity contribution >= 4 is 17.6 Å². The van der Waals surface area contributed by atoms with Gasteiger partial charge in [0.15, 0.2) is 0 Å². The number of fused-ring (bicyclic) bond motifs is 1. The Morgan fingerprint density at radius 2 is 2.06 bits per heavy atom. The van der Waals surface area contributed by atoms with Gasteiger partial charge in [0.05, 0.1) is 6.54 Å². The van der Waals surface area contributed by atoms with Crippen LogP contribution in [0.5, 0.6) is 0 Å². The molecule has 0 bridgehead atoms. The summed E-state index contributed by atoms with van der Waals surface area (Å²) in [4.78, 5) is 24.5. The lowest BCUT2D eigenvalue weighted by molar-refractivity contribution is 0.0741. The standard InChI is InChI=1S/C25H31FN4O/c1-3-4-12-28-14-11-25(16-18(28)2)23(29-13-10-19-8-9-20(19)17-29)27-24(31)30(25)22-7-5-6-21(26)15-22/h5-7,15,18-20H,8-14,16-17H2,1-2H3/t18-,19?,20?,25+/m0/s1. The maximum absolute atomic E-state index is 14.1. The third-order valence-corrected chi connectivity index (χ3v) is 7.93. The summed E-state index contributed by atoms with van der Waals surface area (Å²) in [7, 11) is 0. The average molecular weight is 423 g/mol. The van der Waals surface area contributed by atoms with Crippen molar-refractivity contribution < 1.29 is 9.18 Å². The normalized spacial score (nSPS) is 32.9. The van der Waals surface area contributed by atoms with E-state index in [0.717, 1.165) is 56.7 Å². The van der Waals surface area contributed by atoms with Gasteiger partial charge in [-0.3, -0.25) is 9.80 Å². The Morgan fingerprint density at radius 1 is 1.23 bits per heavy atom. The minimum Gasteiger partial charge on any atom is -0.358 e. The van der Waals surface area contributed by atoms with Crippen LogP contribution in [0.15, 0.2) is 29.3 Å². The molecule has 6 heteroatoms. The number of halogens is 1. The maximum Gasteiger partial charge on any atom is 0.350 e. The Kier molecular flexibility index (Phi) is 5.26. The predicted octanol–water partition coefficient (Wildman–Crippen LogP) is 4.14. The SMILES string of the molecule is CC#CCN1CC[C@@]2(C[C@@H]1C)C(N1CCC3CCC3C1)=NC(=O)N2c1cccc(F)c1. The lowest BCUT2D eigenvalue weighted by atomic mass is 9.69. The number of hydrogen-bond acceptors (Lipinski definition) is 3. The van der Waals surface area contributed by atoms with E-state index in [1.165, 1.54) is 31.4 Å². The second-order valence-electron chi connectivity index (χ2n) is 9.60. The highest BCUT2D eigenvalue weighted by Crippen LogP contribution is 2.45. The molecule has 1 saturated carbocycles. The monoisotopic (exact) mass is 422 g/mol. The second kappa shape index (κ2) is 7.94. The summed E-state index contributed by atoms with van der Waals surface area (Å²) in [5.41, 5.74) is 0.0908. The molecule has 31 heavy (non-hydrogen) atoms. The summed E-state index contributed by atoms with van der Waals surface area (Å²) < 4.78 is 14.1. The number of amidine groups is 1. The summed E-state index contributed by atoms with van der Waals surface area (Å²) in [6, 6.07) is 6.40. The molecule has 4 atom stereocenters. The van der Waals surface area contributed by atoms with Crippen molar-refractivity contribution in [3.63, 3.8) is 0 Å². The van der Waals surface area contributed by atoms with Crippen LogP contribution in [0.25, 0.3) is 0 Å². The van der Waals surface area contributed by atoms with Crippen LogP contribution in [0.4, 0.5) is 14.9 Å². The largest absolute Gasteiger partial charge is 0.358 e. The van der Waals surface area contributed by atoms with Gasteiger partial charge >= 0.3 is 6.03 Å². The topological polar surface area (TPSA) is 39.1 Å². The summed E-state index contributed by atoms with van der Waals surface area (Å²) >= 11 is 0. The smallest absolute Gasteiger partial charge is 0.350 e. The zero-order valence-corrected chi connectivity index (χ0v) is 18.5. The van der Waals surface area contributed by atoms with Gasteiger partial charge in [-0.1, -0.05) is 12.0 Å². The van der Waals surface area contributed by atoms with Gasteiger partial charge in [-0.05, 0) is 76.0 Å². The third-order valence-electron chi connectivity index (χ3n) is 7.93. The molecule has 1 aromatic carbocycles. The Balaban J connectivity index is 1.50. The fourth-order valence-corrected chi connectivity index (χ4v) is 6.10. The van der Waals surface area contributed by atoms with Gasteiger partial charge in [0, 0.05) is 31.4 Å². The average Bonchev–Trinajstić information content (AvgIpc) is 3.00. The molecule has 0 radical (unpaired) electrons. The summed E-state index contributed by atoms with van der Waals surface area (Å²) in [5.74, 6) is 8.34. The number of rotatable bonds is 2. The molecule has 0 N–H and O–H groups in total. The Morgan fingerprint density at radius 3 is 2.74 bits per heavy atom. The molecule has 4 aliphatic rings. The molecular weight excluding hydrogens is 391 g/mol. The van der Waals surface area contributed by atoms with Gasteiger partial charge in [-0.2, -0.15) is 4.99 Å².